The van der Waals surface area contributed by atoms with Crippen molar-refractivity contribution in [2.24, 2.45) is 0 Å². The number of carboxylic acid groups (broad SMARTS) is 1. The largest absolute Gasteiger partial charge is 0.481 e. The number of aliphatic carboxylic acids is 1. The van der Waals surface area contributed by atoms with Crippen LogP contribution in [-0.4, -0.2) is 29.6 Å². The van der Waals surface area contributed by atoms with Crippen LogP contribution >= 0.6 is 7.92 Å². The van der Waals surface area contributed by atoms with E-state index in [4.69, 9.17) is 9.90 Å². The fourth-order valence-corrected chi connectivity index (χ4v) is 2.76. The summed E-state index contributed by atoms with van der Waals surface area (Å²) in [4.78, 5) is 9.00. The maximum atomic E-state index is 9.00. The molecule has 0 aromatic rings. The molecule has 0 aliphatic carbocycles. The summed E-state index contributed by atoms with van der Waals surface area (Å²) in [5.74, 6) is -0.833. The van der Waals surface area contributed by atoms with E-state index >= 15 is 0 Å². The first-order valence-corrected chi connectivity index (χ1v) is 6.90. The Morgan fingerprint density at radius 1 is 1.23 bits per heavy atom. The Morgan fingerprint density at radius 2 is 1.62 bits per heavy atom. The maximum absolute atomic E-state index is 9.00. The summed E-state index contributed by atoms with van der Waals surface area (Å²) in [5, 5.41) is 7.42. The van der Waals surface area contributed by atoms with Crippen molar-refractivity contribution < 1.29 is 9.90 Å². The first-order chi connectivity index (χ1) is 6.08. The highest BCUT2D eigenvalue weighted by Crippen LogP contribution is 2.34. The number of rotatable bonds is 5. The normalized spacial score (nSPS) is 9.31. The fraction of sp³-hybridized carbons (Fsp3) is 0.900. The van der Waals surface area contributed by atoms with Crippen molar-refractivity contribution >= 4 is 13.9 Å². The molecule has 3 heteroatoms. The zero-order valence-electron chi connectivity index (χ0n) is 9.34. The van der Waals surface area contributed by atoms with Gasteiger partial charge in [-0.2, -0.15) is 0 Å². The molecule has 0 aliphatic heterocycles. The van der Waals surface area contributed by atoms with Gasteiger partial charge >= 0.3 is 0 Å². The van der Waals surface area contributed by atoms with E-state index in [0.717, 1.165) is 6.92 Å². The molecule has 0 saturated carbocycles. The van der Waals surface area contributed by atoms with Crippen LogP contribution in [0.3, 0.4) is 0 Å². The van der Waals surface area contributed by atoms with Gasteiger partial charge in [0.25, 0.3) is 5.97 Å². The van der Waals surface area contributed by atoms with Crippen molar-refractivity contribution in [1.29, 1.82) is 0 Å². The van der Waals surface area contributed by atoms with Gasteiger partial charge in [-0.25, -0.2) is 0 Å². The van der Waals surface area contributed by atoms with Crippen LogP contribution in [0.15, 0.2) is 0 Å². The molecule has 0 unspecified atom stereocenters. The molecular formula is C10H23O2P. The lowest BCUT2D eigenvalue weighted by molar-refractivity contribution is -0.134. The minimum atomic E-state index is -0.833. The molecule has 0 atom stereocenters. The van der Waals surface area contributed by atoms with Gasteiger partial charge in [0.15, 0.2) is 0 Å². The monoisotopic (exact) mass is 206 g/mol. The molecule has 1 N–H and O–H groups in total. The summed E-state index contributed by atoms with van der Waals surface area (Å²) in [6, 6.07) is 0. The third kappa shape index (κ3) is 18.7. The Labute approximate surface area is 83.5 Å². The van der Waals surface area contributed by atoms with Gasteiger partial charge in [-0.1, -0.05) is 27.2 Å². The van der Waals surface area contributed by atoms with Crippen molar-refractivity contribution in [2.45, 2.75) is 40.5 Å². The first kappa shape index (κ1) is 15.4. The number of unbranched alkanes of at least 4 members (excludes halogenated alkanes) is 1. The average Bonchev–Trinajstić information content (AvgIpc) is 2.06. The van der Waals surface area contributed by atoms with Gasteiger partial charge in [-0.15, -0.1) is 7.92 Å². The van der Waals surface area contributed by atoms with E-state index in [1.807, 2.05) is 0 Å². The SMILES string of the molecule is CC(=O)O.CCCCP(CC)CC. The number of carbonyl (C=O) groups is 1. The van der Waals surface area contributed by atoms with Crippen molar-refractivity contribution in [1.82, 2.24) is 0 Å². The van der Waals surface area contributed by atoms with E-state index in [9.17, 15) is 0 Å². The molecule has 0 aromatic heterocycles. The molecule has 0 fully saturated rings. The van der Waals surface area contributed by atoms with E-state index in [1.54, 1.807) is 0 Å². The van der Waals surface area contributed by atoms with Crippen molar-refractivity contribution in [3.63, 3.8) is 0 Å². The number of hydrogen-bond acceptors (Lipinski definition) is 1. The smallest absolute Gasteiger partial charge is 0.300 e. The second kappa shape index (κ2) is 11.9. The lowest BCUT2D eigenvalue weighted by Gasteiger charge is -2.10. The van der Waals surface area contributed by atoms with Crippen LogP contribution in [0.25, 0.3) is 0 Å². The standard InChI is InChI=1S/C8H19P.C2H4O2/c1-4-7-8-9(5-2)6-3;1-2(3)4/h4-8H2,1-3H3;1H3,(H,3,4). The molecule has 0 saturated heterocycles. The fourth-order valence-electron chi connectivity index (χ4n) is 0.922. The van der Waals surface area contributed by atoms with Crippen LogP contribution in [0.1, 0.15) is 40.5 Å². The van der Waals surface area contributed by atoms with Crippen LogP contribution in [-0.2, 0) is 4.79 Å². The van der Waals surface area contributed by atoms with Gasteiger partial charge in [-0.05, 0) is 24.9 Å². The highest BCUT2D eigenvalue weighted by Gasteiger charge is 1.98. The summed E-state index contributed by atoms with van der Waals surface area (Å²) < 4.78 is 0. The Hall–Kier alpha value is -0.100. The molecule has 2 nitrogen and oxygen atoms in total. The second-order valence-corrected chi connectivity index (χ2v) is 5.95. The summed E-state index contributed by atoms with van der Waals surface area (Å²) in [6.45, 7) is 8.01. The maximum Gasteiger partial charge on any atom is 0.300 e. The van der Waals surface area contributed by atoms with Gasteiger partial charge < -0.3 is 5.11 Å². The summed E-state index contributed by atoms with van der Waals surface area (Å²) in [6.07, 6.45) is 7.21. The molecule has 0 spiro atoms. The lowest BCUT2D eigenvalue weighted by Crippen LogP contribution is -1.88. The van der Waals surface area contributed by atoms with Crippen molar-refractivity contribution in [3.8, 4) is 0 Å². The van der Waals surface area contributed by atoms with Crippen molar-refractivity contribution in [3.05, 3.63) is 0 Å². The lowest BCUT2D eigenvalue weighted by atomic mass is 10.4. The molecule has 0 bridgehead atoms. The first-order valence-electron chi connectivity index (χ1n) is 5.00. The minimum absolute atomic E-state index is 0.438. The summed E-state index contributed by atoms with van der Waals surface area (Å²) >= 11 is 0. The Kier molecular flexibility index (Phi) is 14.1. The van der Waals surface area contributed by atoms with Crippen LogP contribution < -0.4 is 0 Å². The Balaban J connectivity index is 0. The van der Waals surface area contributed by atoms with Gasteiger partial charge in [0.2, 0.25) is 0 Å². The molecule has 13 heavy (non-hydrogen) atoms. The van der Waals surface area contributed by atoms with E-state index in [1.165, 1.54) is 31.3 Å². The van der Waals surface area contributed by atoms with E-state index in [0.29, 0.717) is 7.92 Å². The zero-order valence-corrected chi connectivity index (χ0v) is 10.2. The van der Waals surface area contributed by atoms with Gasteiger partial charge in [0, 0.05) is 6.92 Å². The molecular weight excluding hydrogens is 183 g/mol. The molecule has 0 radical (unpaired) electrons. The third-order valence-electron chi connectivity index (χ3n) is 1.72. The average molecular weight is 206 g/mol. The Morgan fingerprint density at radius 3 is 1.85 bits per heavy atom. The highest BCUT2D eigenvalue weighted by atomic mass is 31.1. The number of hydrogen-bond donors (Lipinski definition) is 1. The van der Waals surface area contributed by atoms with Gasteiger partial charge in [0.1, 0.15) is 0 Å². The molecule has 0 rings (SSSR count). The van der Waals surface area contributed by atoms with E-state index in [2.05, 4.69) is 20.8 Å². The van der Waals surface area contributed by atoms with E-state index < -0.39 is 5.97 Å². The second-order valence-electron chi connectivity index (χ2n) is 2.90. The van der Waals surface area contributed by atoms with Crippen LogP contribution in [0.4, 0.5) is 0 Å². The quantitative estimate of drug-likeness (QED) is 0.700. The van der Waals surface area contributed by atoms with Gasteiger partial charge in [-0.3, -0.25) is 4.79 Å². The highest BCUT2D eigenvalue weighted by molar-refractivity contribution is 7.57. The van der Waals surface area contributed by atoms with Crippen LogP contribution in [0.2, 0.25) is 0 Å². The van der Waals surface area contributed by atoms with Gasteiger partial charge in [0.05, 0.1) is 0 Å². The molecule has 80 valence electrons. The predicted octanol–water partition coefficient (Wildman–Crippen LogP) is 3.40. The topological polar surface area (TPSA) is 37.3 Å². The molecule has 0 aromatic carbocycles. The predicted molar refractivity (Wildman–Crippen MR) is 61.1 cm³/mol. The summed E-state index contributed by atoms with van der Waals surface area (Å²) in [7, 11) is 0.438. The minimum Gasteiger partial charge on any atom is -0.481 e. The zero-order chi connectivity index (χ0) is 10.7. The number of carboxylic acids is 1. The molecule has 0 heterocycles. The van der Waals surface area contributed by atoms with Crippen molar-refractivity contribution in [2.75, 3.05) is 18.5 Å². The van der Waals surface area contributed by atoms with E-state index in [-0.39, 0.29) is 0 Å². The van der Waals surface area contributed by atoms with Crippen LogP contribution in [0, 0.1) is 0 Å². The molecule has 0 amide bonds. The Bertz CT molecular complexity index is 107. The summed E-state index contributed by atoms with van der Waals surface area (Å²) in [5.41, 5.74) is 0. The third-order valence-corrected chi connectivity index (χ3v) is 4.46. The van der Waals surface area contributed by atoms with Crippen LogP contribution in [0.5, 0.6) is 0 Å². The molecule has 0 aliphatic rings.